The molecule has 1 atom stereocenters. The molecule has 0 aromatic heterocycles. The molecule has 0 aliphatic heterocycles. The Morgan fingerprint density at radius 2 is 2.07 bits per heavy atom. The van der Waals surface area contributed by atoms with E-state index in [1.807, 2.05) is 0 Å². The third-order valence-electron chi connectivity index (χ3n) is 2.23. The fourth-order valence-corrected chi connectivity index (χ4v) is 1.28. The maximum Gasteiger partial charge on any atom is 0.416 e. The minimum atomic E-state index is -4.30. The van der Waals surface area contributed by atoms with Crippen molar-refractivity contribution in [1.29, 1.82) is 0 Å². The molecule has 1 nitrogen and oxygen atoms in total. The fraction of sp³-hybridized carbons (Fsp3) is 0.400. The summed E-state index contributed by atoms with van der Waals surface area (Å²) in [6.45, 7) is 5.23. The van der Waals surface area contributed by atoms with Gasteiger partial charge in [0.1, 0.15) is 0 Å². The summed E-state index contributed by atoms with van der Waals surface area (Å²) in [7, 11) is 0. The van der Waals surface area contributed by atoms with Crippen LogP contribution in [0.25, 0.3) is 0 Å². The summed E-state index contributed by atoms with van der Waals surface area (Å²) < 4.78 is 37.1. The van der Waals surface area contributed by atoms with Crippen molar-refractivity contribution in [2.45, 2.75) is 25.6 Å². The van der Waals surface area contributed by atoms with Gasteiger partial charge in [-0.15, -0.1) is 0 Å². The minimum Gasteiger partial charge on any atom is -0.321 e. The first-order valence-corrected chi connectivity index (χ1v) is 4.21. The van der Waals surface area contributed by atoms with Crippen LogP contribution in [-0.4, -0.2) is 12.2 Å². The number of rotatable bonds is 0. The van der Waals surface area contributed by atoms with Gasteiger partial charge in [-0.25, -0.2) is 0 Å². The summed E-state index contributed by atoms with van der Waals surface area (Å²) in [4.78, 5) is 0. The van der Waals surface area contributed by atoms with Gasteiger partial charge < -0.3 is 5.73 Å². The van der Waals surface area contributed by atoms with Crippen molar-refractivity contribution in [1.82, 2.24) is 0 Å². The second kappa shape index (κ2) is 3.61. The highest BCUT2D eigenvalue weighted by Crippen LogP contribution is 2.31. The van der Waals surface area contributed by atoms with Crippen molar-refractivity contribution >= 4 is 0 Å². The third kappa shape index (κ3) is 2.26. The molecule has 14 heavy (non-hydrogen) atoms. The van der Waals surface area contributed by atoms with E-state index >= 15 is 0 Å². The quantitative estimate of drug-likeness (QED) is 0.602. The molecule has 0 radical (unpaired) electrons. The zero-order chi connectivity index (χ0) is 10.9. The van der Waals surface area contributed by atoms with Gasteiger partial charge in [-0.2, -0.15) is 13.2 Å². The van der Waals surface area contributed by atoms with Crippen LogP contribution < -0.4 is 5.73 Å². The second-order valence-electron chi connectivity index (χ2n) is 3.39. The van der Waals surface area contributed by atoms with Crippen LogP contribution in [0.3, 0.4) is 0 Å². The Balaban J connectivity index is 3.06. The van der Waals surface area contributed by atoms with E-state index < -0.39 is 17.8 Å². The third-order valence-corrected chi connectivity index (χ3v) is 2.23. The Kier molecular flexibility index (Phi) is 2.85. The summed E-state index contributed by atoms with van der Waals surface area (Å²) in [5.41, 5.74) is 6.13. The summed E-state index contributed by atoms with van der Waals surface area (Å²) in [6.07, 6.45) is -1.91. The zero-order valence-electron chi connectivity index (χ0n) is 7.86. The molecule has 4 heteroatoms. The zero-order valence-corrected chi connectivity index (χ0v) is 7.86. The number of hydrogen-bond donors (Lipinski definition) is 1. The standard InChI is InChI=1S/C10H12F3N/c1-6-3-4-8(10(11,12)13)5-7(2)9(6)14/h4-5,9H,1,3,14H2,2H3. The molecular formula is C10H12F3N. The normalized spacial score (nSPS) is 24.1. The van der Waals surface area contributed by atoms with Gasteiger partial charge in [0.25, 0.3) is 0 Å². The molecule has 0 heterocycles. The number of halogens is 3. The van der Waals surface area contributed by atoms with Crippen LogP contribution >= 0.6 is 0 Å². The van der Waals surface area contributed by atoms with E-state index in [4.69, 9.17) is 5.73 Å². The first-order valence-electron chi connectivity index (χ1n) is 4.21. The van der Waals surface area contributed by atoms with Gasteiger partial charge in [0, 0.05) is 6.04 Å². The largest absolute Gasteiger partial charge is 0.416 e. The maximum absolute atomic E-state index is 12.4. The van der Waals surface area contributed by atoms with Crippen molar-refractivity contribution in [2.75, 3.05) is 0 Å². The molecule has 1 unspecified atom stereocenters. The molecule has 1 aliphatic rings. The smallest absolute Gasteiger partial charge is 0.321 e. The second-order valence-corrected chi connectivity index (χ2v) is 3.39. The Hall–Kier alpha value is -1.03. The summed E-state index contributed by atoms with van der Waals surface area (Å²) in [5, 5.41) is 0. The molecule has 0 bridgehead atoms. The van der Waals surface area contributed by atoms with E-state index in [2.05, 4.69) is 6.58 Å². The fourth-order valence-electron chi connectivity index (χ4n) is 1.28. The lowest BCUT2D eigenvalue weighted by Crippen LogP contribution is -2.22. The molecule has 0 fully saturated rings. The number of allylic oxidation sites excluding steroid dienone is 3. The predicted octanol–water partition coefficient (Wildman–Crippen LogP) is 2.71. The van der Waals surface area contributed by atoms with Crippen LogP contribution in [0.15, 0.2) is 35.5 Å². The highest BCUT2D eigenvalue weighted by molar-refractivity contribution is 5.37. The lowest BCUT2D eigenvalue weighted by atomic mass is 10.0. The van der Waals surface area contributed by atoms with Crippen LogP contribution in [0, 0.1) is 0 Å². The molecule has 0 spiro atoms. The van der Waals surface area contributed by atoms with E-state index in [0.717, 1.165) is 12.2 Å². The van der Waals surface area contributed by atoms with Crippen molar-refractivity contribution < 1.29 is 13.2 Å². The van der Waals surface area contributed by atoms with E-state index in [0.29, 0.717) is 11.1 Å². The van der Waals surface area contributed by atoms with Gasteiger partial charge >= 0.3 is 6.18 Å². The molecule has 0 amide bonds. The van der Waals surface area contributed by atoms with E-state index in [1.165, 1.54) is 0 Å². The Morgan fingerprint density at radius 3 is 2.57 bits per heavy atom. The topological polar surface area (TPSA) is 26.0 Å². The van der Waals surface area contributed by atoms with Crippen LogP contribution in [0.5, 0.6) is 0 Å². The molecule has 1 aliphatic carbocycles. The van der Waals surface area contributed by atoms with Gasteiger partial charge in [0.05, 0.1) is 5.57 Å². The van der Waals surface area contributed by atoms with Crippen molar-refractivity contribution in [3.05, 3.63) is 35.5 Å². The average molecular weight is 203 g/mol. The molecule has 2 N–H and O–H groups in total. The van der Waals surface area contributed by atoms with Crippen LogP contribution in [0.2, 0.25) is 0 Å². The van der Waals surface area contributed by atoms with Crippen LogP contribution in [0.1, 0.15) is 13.3 Å². The van der Waals surface area contributed by atoms with E-state index in [9.17, 15) is 13.2 Å². The molecule has 0 aromatic rings. The first kappa shape index (κ1) is 11.0. The Labute approximate surface area is 80.8 Å². The molecule has 1 rings (SSSR count). The monoisotopic (exact) mass is 203 g/mol. The summed E-state index contributed by atoms with van der Waals surface area (Å²) in [6, 6.07) is -0.467. The lowest BCUT2D eigenvalue weighted by Gasteiger charge is -2.12. The van der Waals surface area contributed by atoms with Gasteiger partial charge in [-0.3, -0.25) is 0 Å². The molecule has 0 saturated carbocycles. The van der Waals surface area contributed by atoms with Gasteiger partial charge in [-0.1, -0.05) is 23.8 Å². The van der Waals surface area contributed by atoms with Gasteiger partial charge in [0.15, 0.2) is 0 Å². The number of hydrogen-bond acceptors (Lipinski definition) is 1. The molecule has 0 saturated heterocycles. The highest BCUT2D eigenvalue weighted by Gasteiger charge is 2.33. The highest BCUT2D eigenvalue weighted by atomic mass is 19.4. The molecule has 0 aromatic carbocycles. The molecular weight excluding hydrogens is 191 g/mol. The van der Waals surface area contributed by atoms with E-state index in [1.54, 1.807) is 6.92 Å². The SMILES string of the molecule is C=C1CC=C(C(F)(F)F)C=C(C)C1N. The number of nitrogens with two attached hydrogens (primary N) is 1. The number of alkyl halides is 3. The average Bonchev–Trinajstić information content (AvgIpc) is 2.17. The predicted molar refractivity (Wildman–Crippen MR) is 49.6 cm³/mol. The maximum atomic E-state index is 12.4. The molecule has 78 valence electrons. The van der Waals surface area contributed by atoms with Crippen LogP contribution in [-0.2, 0) is 0 Å². The van der Waals surface area contributed by atoms with Gasteiger partial charge in [0.2, 0.25) is 0 Å². The Morgan fingerprint density at radius 1 is 1.50 bits per heavy atom. The minimum absolute atomic E-state index is 0.184. The van der Waals surface area contributed by atoms with Gasteiger partial charge in [-0.05, 0) is 19.4 Å². The van der Waals surface area contributed by atoms with Crippen molar-refractivity contribution in [2.24, 2.45) is 5.73 Å². The summed E-state index contributed by atoms with van der Waals surface area (Å²) >= 11 is 0. The van der Waals surface area contributed by atoms with Crippen molar-refractivity contribution in [3.63, 3.8) is 0 Å². The van der Waals surface area contributed by atoms with Crippen LogP contribution in [0.4, 0.5) is 13.2 Å². The van der Waals surface area contributed by atoms with E-state index in [-0.39, 0.29) is 6.42 Å². The summed E-state index contributed by atoms with van der Waals surface area (Å²) in [5.74, 6) is 0. The Bertz CT molecular complexity index is 310. The first-order chi connectivity index (χ1) is 6.32. The lowest BCUT2D eigenvalue weighted by molar-refractivity contribution is -0.0884. The van der Waals surface area contributed by atoms with Crippen molar-refractivity contribution in [3.8, 4) is 0 Å².